The molecule has 1 heterocycles. The molecule has 1 amide bonds. The summed E-state index contributed by atoms with van der Waals surface area (Å²) in [6.07, 6.45) is 0. The fourth-order valence-electron chi connectivity index (χ4n) is 3.19. The number of benzene rings is 1. The smallest absolute Gasteiger partial charge is 0.290 e. The van der Waals surface area contributed by atoms with Gasteiger partial charge in [-0.2, -0.15) is 0 Å². The highest BCUT2D eigenvalue weighted by molar-refractivity contribution is 6.10. The Morgan fingerprint density at radius 1 is 1.21 bits per heavy atom. The summed E-state index contributed by atoms with van der Waals surface area (Å²) in [4.78, 5) is 27.3. The Labute approximate surface area is 165 Å². The van der Waals surface area contributed by atoms with Crippen LogP contribution in [0.5, 0.6) is 11.5 Å². The quantitative estimate of drug-likeness (QED) is 0.733. The van der Waals surface area contributed by atoms with Crippen LogP contribution in [0.2, 0.25) is 0 Å². The molecule has 1 aromatic carbocycles. The van der Waals surface area contributed by atoms with E-state index in [0.717, 1.165) is 0 Å². The van der Waals surface area contributed by atoms with Gasteiger partial charge in [-0.15, -0.1) is 0 Å². The van der Waals surface area contributed by atoms with Crippen LogP contribution >= 0.6 is 0 Å². The number of ketones is 1. The molecule has 1 atom stereocenters. The molecule has 0 saturated carbocycles. The maximum Gasteiger partial charge on any atom is 0.290 e. The topological polar surface area (TPSA) is 85.3 Å². The second-order valence-electron chi connectivity index (χ2n) is 7.58. The SMILES string of the molecule is CCOc1cc(C2C(C(=O)C(C)(C)C)=C(O)C(=O)N2CCOC)ccc1OC. The van der Waals surface area contributed by atoms with Gasteiger partial charge < -0.3 is 24.2 Å². The van der Waals surface area contributed by atoms with Crippen molar-refractivity contribution in [2.45, 2.75) is 33.7 Å². The summed E-state index contributed by atoms with van der Waals surface area (Å²) >= 11 is 0. The molecule has 154 valence electrons. The summed E-state index contributed by atoms with van der Waals surface area (Å²) in [6, 6.07) is 4.52. The van der Waals surface area contributed by atoms with E-state index in [9.17, 15) is 14.7 Å². The number of hydrogen-bond donors (Lipinski definition) is 1. The minimum atomic E-state index is -0.756. The molecule has 28 heavy (non-hydrogen) atoms. The maximum atomic E-state index is 13.1. The molecule has 0 fully saturated rings. The predicted molar refractivity (Wildman–Crippen MR) is 105 cm³/mol. The summed E-state index contributed by atoms with van der Waals surface area (Å²) in [5, 5.41) is 10.5. The van der Waals surface area contributed by atoms with Crippen molar-refractivity contribution in [1.82, 2.24) is 4.90 Å². The van der Waals surface area contributed by atoms with Gasteiger partial charge in [-0.3, -0.25) is 9.59 Å². The molecule has 0 aliphatic carbocycles. The first-order valence-electron chi connectivity index (χ1n) is 9.25. The molecule has 0 saturated heterocycles. The van der Waals surface area contributed by atoms with Gasteiger partial charge in [0.15, 0.2) is 23.0 Å². The minimum absolute atomic E-state index is 0.0984. The van der Waals surface area contributed by atoms with E-state index in [1.165, 1.54) is 12.0 Å². The highest BCUT2D eigenvalue weighted by atomic mass is 16.5. The number of methoxy groups -OCH3 is 2. The maximum absolute atomic E-state index is 13.1. The molecule has 7 nitrogen and oxygen atoms in total. The molecule has 0 bridgehead atoms. The Morgan fingerprint density at radius 2 is 1.89 bits per heavy atom. The lowest BCUT2D eigenvalue weighted by atomic mass is 9.82. The van der Waals surface area contributed by atoms with Gasteiger partial charge in [0.05, 0.1) is 31.9 Å². The number of amides is 1. The molecule has 1 aliphatic rings. The van der Waals surface area contributed by atoms with Crippen molar-refractivity contribution in [1.29, 1.82) is 0 Å². The van der Waals surface area contributed by atoms with E-state index in [-0.39, 0.29) is 24.5 Å². The van der Waals surface area contributed by atoms with Crippen LogP contribution < -0.4 is 9.47 Å². The van der Waals surface area contributed by atoms with Gasteiger partial charge in [0.25, 0.3) is 5.91 Å². The van der Waals surface area contributed by atoms with Crippen LogP contribution in [-0.2, 0) is 14.3 Å². The highest BCUT2D eigenvalue weighted by Crippen LogP contribution is 2.42. The van der Waals surface area contributed by atoms with Gasteiger partial charge >= 0.3 is 0 Å². The van der Waals surface area contributed by atoms with Gasteiger partial charge in [-0.05, 0) is 24.6 Å². The zero-order chi connectivity index (χ0) is 21.1. The third-order valence-electron chi connectivity index (χ3n) is 4.57. The molecule has 1 N–H and O–H groups in total. The Kier molecular flexibility index (Phi) is 6.72. The van der Waals surface area contributed by atoms with Crippen LogP contribution in [0.25, 0.3) is 0 Å². The fourth-order valence-corrected chi connectivity index (χ4v) is 3.19. The first kappa shape index (κ1) is 21.8. The van der Waals surface area contributed by atoms with Crippen LogP contribution in [0.4, 0.5) is 0 Å². The molecule has 1 unspecified atom stereocenters. The average Bonchev–Trinajstić information content (AvgIpc) is 2.89. The second kappa shape index (κ2) is 8.65. The normalized spacial score (nSPS) is 17.3. The summed E-state index contributed by atoms with van der Waals surface area (Å²) in [5.74, 6) is -0.305. The van der Waals surface area contributed by atoms with E-state index in [1.54, 1.807) is 46.1 Å². The van der Waals surface area contributed by atoms with Gasteiger partial charge in [0.1, 0.15) is 0 Å². The number of carbonyl (C=O) groups is 2. The number of nitrogens with zero attached hydrogens (tertiary/aromatic N) is 1. The van der Waals surface area contributed by atoms with Gasteiger partial charge in [-0.25, -0.2) is 0 Å². The van der Waals surface area contributed by atoms with Crippen LogP contribution in [-0.4, -0.2) is 55.7 Å². The van der Waals surface area contributed by atoms with E-state index in [1.807, 2.05) is 6.92 Å². The van der Waals surface area contributed by atoms with Crippen molar-refractivity contribution < 1.29 is 28.9 Å². The molecule has 1 aromatic rings. The van der Waals surface area contributed by atoms with E-state index in [2.05, 4.69) is 0 Å². The second-order valence-corrected chi connectivity index (χ2v) is 7.58. The molecule has 2 rings (SSSR count). The molecule has 7 heteroatoms. The van der Waals surface area contributed by atoms with Crippen LogP contribution in [0, 0.1) is 5.41 Å². The highest BCUT2D eigenvalue weighted by Gasteiger charge is 2.45. The molecule has 0 aromatic heterocycles. The van der Waals surface area contributed by atoms with Crippen molar-refractivity contribution in [2.24, 2.45) is 5.41 Å². The molecule has 0 spiro atoms. The number of aliphatic hydroxyl groups excluding tert-OH is 1. The summed E-state index contributed by atoms with van der Waals surface area (Å²) < 4.78 is 16.1. The number of hydrogen-bond acceptors (Lipinski definition) is 6. The summed E-state index contributed by atoms with van der Waals surface area (Å²) in [7, 11) is 3.08. The molecular weight excluding hydrogens is 362 g/mol. The number of Topliss-reactive ketones (excluding diaryl/α,β-unsaturated/α-hetero) is 1. The van der Waals surface area contributed by atoms with Crippen molar-refractivity contribution >= 4 is 11.7 Å². The molecular formula is C21H29NO6. The first-order chi connectivity index (χ1) is 13.2. The zero-order valence-corrected chi connectivity index (χ0v) is 17.4. The number of carbonyl (C=O) groups excluding carboxylic acids is 2. The zero-order valence-electron chi connectivity index (χ0n) is 17.4. The Hall–Kier alpha value is -2.54. The number of ether oxygens (including phenoxy) is 3. The van der Waals surface area contributed by atoms with Gasteiger partial charge in [0.2, 0.25) is 0 Å². The third-order valence-corrected chi connectivity index (χ3v) is 4.57. The average molecular weight is 391 g/mol. The lowest BCUT2D eigenvalue weighted by molar-refractivity contribution is -0.130. The van der Waals surface area contributed by atoms with Crippen molar-refractivity contribution in [3.8, 4) is 11.5 Å². The number of rotatable bonds is 8. The van der Waals surface area contributed by atoms with Crippen molar-refractivity contribution in [3.05, 3.63) is 35.1 Å². The monoisotopic (exact) mass is 391 g/mol. The van der Waals surface area contributed by atoms with E-state index >= 15 is 0 Å². The Bertz CT molecular complexity index is 778. The number of aliphatic hydroxyl groups is 1. The predicted octanol–water partition coefficient (Wildman–Crippen LogP) is 3.05. The molecule has 0 radical (unpaired) electrons. The standard InChI is InChI=1S/C21H29NO6/c1-7-28-15-12-13(8-9-14(15)27-6)17-16(19(24)21(2,3)4)18(23)20(25)22(17)10-11-26-5/h8-9,12,17,23H,7,10-11H2,1-6H3. The Balaban J connectivity index is 2.61. The van der Waals surface area contributed by atoms with Crippen LogP contribution in [0.15, 0.2) is 29.5 Å². The van der Waals surface area contributed by atoms with E-state index in [4.69, 9.17) is 14.2 Å². The lowest BCUT2D eigenvalue weighted by Gasteiger charge is -2.29. The van der Waals surface area contributed by atoms with Crippen LogP contribution in [0.3, 0.4) is 0 Å². The van der Waals surface area contributed by atoms with Crippen molar-refractivity contribution in [2.75, 3.05) is 34.0 Å². The lowest BCUT2D eigenvalue weighted by Crippen LogP contribution is -2.35. The van der Waals surface area contributed by atoms with Crippen LogP contribution in [0.1, 0.15) is 39.3 Å². The van der Waals surface area contributed by atoms with Gasteiger partial charge in [-0.1, -0.05) is 26.8 Å². The summed E-state index contributed by atoms with van der Waals surface area (Å²) in [6.45, 7) is 8.09. The van der Waals surface area contributed by atoms with Gasteiger partial charge in [0, 0.05) is 19.1 Å². The Morgan fingerprint density at radius 3 is 2.43 bits per heavy atom. The third kappa shape index (κ3) is 4.14. The first-order valence-corrected chi connectivity index (χ1v) is 9.25. The molecule has 1 aliphatic heterocycles. The minimum Gasteiger partial charge on any atom is -0.503 e. The van der Waals surface area contributed by atoms with Crippen molar-refractivity contribution in [3.63, 3.8) is 0 Å². The summed E-state index contributed by atoms with van der Waals surface area (Å²) in [5.41, 5.74) is 0.000458. The van der Waals surface area contributed by atoms with E-state index < -0.39 is 23.1 Å². The fraction of sp³-hybridized carbons (Fsp3) is 0.524. The largest absolute Gasteiger partial charge is 0.503 e. The van der Waals surface area contributed by atoms with E-state index in [0.29, 0.717) is 23.7 Å².